The minimum atomic E-state index is 0.520. The van der Waals surface area contributed by atoms with Crippen molar-refractivity contribution in [2.45, 2.75) is 33.1 Å². The third-order valence-electron chi connectivity index (χ3n) is 2.30. The maximum atomic E-state index is 5.49. The summed E-state index contributed by atoms with van der Waals surface area (Å²) in [7, 11) is 0. The SMILES string of the molecule is CC(C)=Cc1nnc(C2CC2C)o1. The fourth-order valence-corrected chi connectivity index (χ4v) is 1.37. The second kappa shape index (κ2) is 2.98. The van der Waals surface area contributed by atoms with E-state index >= 15 is 0 Å². The van der Waals surface area contributed by atoms with Gasteiger partial charge in [0.15, 0.2) is 0 Å². The van der Waals surface area contributed by atoms with E-state index in [0.29, 0.717) is 11.8 Å². The Morgan fingerprint density at radius 3 is 2.69 bits per heavy atom. The van der Waals surface area contributed by atoms with Crippen molar-refractivity contribution in [1.82, 2.24) is 10.2 Å². The summed E-state index contributed by atoms with van der Waals surface area (Å²) >= 11 is 0. The lowest BCUT2D eigenvalue weighted by atomic mass is 10.3. The quantitative estimate of drug-likeness (QED) is 0.698. The lowest BCUT2D eigenvalue weighted by Crippen LogP contribution is -1.79. The Hall–Kier alpha value is -1.12. The molecule has 1 saturated carbocycles. The van der Waals surface area contributed by atoms with Crippen LogP contribution in [0.5, 0.6) is 0 Å². The molecule has 1 heterocycles. The molecule has 70 valence electrons. The van der Waals surface area contributed by atoms with E-state index in [1.54, 1.807) is 0 Å². The number of hydrogen-bond acceptors (Lipinski definition) is 3. The minimum Gasteiger partial charge on any atom is -0.421 e. The molecule has 0 N–H and O–H groups in total. The monoisotopic (exact) mass is 178 g/mol. The highest BCUT2D eigenvalue weighted by Gasteiger charge is 2.38. The topological polar surface area (TPSA) is 38.9 Å². The van der Waals surface area contributed by atoms with Crippen molar-refractivity contribution in [3.63, 3.8) is 0 Å². The Balaban J connectivity index is 2.14. The predicted molar refractivity (Wildman–Crippen MR) is 50.1 cm³/mol. The van der Waals surface area contributed by atoms with Crippen molar-refractivity contribution in [1.29, 1.82) is 0 Å². The number of allylic oxidation sites excluding steroid dienone is 1. The van der Waals surface area contributed by atoms with E-state index in [2.05, 4.69) is 17.1 Å². The first-order valence-corrected chi connectivity index (χ1v) is 4.65. The smallest absolute Gasteiger partial charge is 0.240 e. The van der Waals surface area contributed by atoms with E-state index in [1.807, 2.05) is 19.9 Å². The average molecular weight is 178 g/mol. The molecule has 2 rings (SSSR count). The van der Waals surface area contributed by atoms with E-state index in [-0.39, 0.29) is 0 Å². The van der Waals surface area contributed by atoms with Crippen LogP contribution in [0.4, 0.5) is 0 Å². The Morgan fingerprint density at radius 1 is 1.46 bits per heavy atom. The van der Waals surface area contributed by atoms with E-state index in [4.69, 9.17) is 4.42 Å². The summed E-state index contributed by atoms with van der Waals surface area (Å²) in [5.74, 6) is 2.68. The molecule has 0 aliphatic heterocycles. The Labute approximate surface area is 77.9 Å². The van der Waals surface area contributed by atoms with Crippen LogP contribution in [-0.4, -0.2) is 10.2 Å². The first-order chi connectivity index (χ1) is 6.16. The molecule has 3 heteroatoms. The van der Waals surface area contributed by atoms with Gasteiger partial charge in [-0.25, -0.2) is 0 Å². The van der Waals surface area contributed by atoms with Crippen LogP contribution < -0.4 is 0 Å². The number of hydrogen-bond donors (Lipinski definition) is 0. The molecule has 13 heavy (non-hydrogen) atoms. The second-order valence-corrected chi connectivity index (χ2v) is 4.02. The molecule has 2 atom stereocenters. The van der Waals surface area contributed by atoms with Gasteiger partial charge in [-0.1, -0.05) is 12.5 Å². The van der Waals surface area contributed by atoms with Crippen LogP contribution >= 0.6 is 0 Å². The largest absolute Gasteiger partial charge is 0.421 e. The number of nitrogens with zero attached hydrogens (tertiary/aromatic N) is 2. The van der Waals surface area contributed by atoms with Crippen molar-refractivity contribution < 1.29 is 4.42 Å². The van der Waals surface area contributed by atoms with Gasteiger partial charge in [-0.05, 0) is 26.2 Å². The fraction of sp³-hybridized carbons (Fsp3) is 0.600. The molecular weight excluding hydrogens is 164 g/mol. The van der Waals surface area contributed by atoms with Crippen molar-refractivity contribution in [2.75, 3.05) is 0 Å². The summed E-state index contributed by atoms with van der Waals surface area (Å²) < 4.78 is 5.49. The summed E-state index contributed by atoms with van der Waals surface area (Å²) in [6, 6.07) is 0. The number of rotatable bonds is 2. The summed E-state index contributed by atoms with van der Waals surface area (Å²) in [4.78, 5) is 0. The zero-order chi connectivity index (χ0) is 9.42. The first kappa shape index (κ1) is 8.48. The lowest BCUT2D eigenvalue weighted by Gasteiger charge is -1.86. The fourth-order valence-electron chi connectivity index (χ4n) is 1.37. The van der Waals surface area contributed by atoms with Crippen LogP contribution in [0.15, 0.2) is 9.99 Å². The van der Waals surface area contributed by atoms with Gasteiger partial charge >= 0.3 is 0 Å². The van der Waals surface area contributed by atoms with Crippen LogP contribution in [0.2, 0.25) is 0 Å². The predicted octanol–water partition coefficient (Wildman–Crippen LogP) is 2.62. The number of aromatic nitrogens is 2. The van der Waals surface area contributed by atoms with Gasteiger partial charge in [0.25, 0.3) is 0 Å². The standard InChI is InChI=1S/C10H14N2O/c1-6(2)4-9-11-12-10(13-9)8-5-7(8)3/h4,7-8H,5H2,1-3H3. The van der Waals surface area contributed by atoms with Crippen LogP contribution in [-0.2, 0) is 0 Å². The molecular formula is C10H14N2O. The maximum Gasteiger partial charge on any atom is 0.240 e. The molecule has 1 aliphatic carbocycles. The van der Waals surface area contributed by atoms with Crippen LogP contribution in [0.25, 0.3) is 6.08 Å². The zero-order valence-corrected chi connectivity index (χ0v) is 8.24. The van der Waals surface area contributed by atoms with Crippen LogP contribution in [0.3, 0.4) is 0 Å². The summed E-state index contributed by atoms with van der Waals surface area (Å²) in [5.41, 5.74) is 1.18. The molecule has 0 aromatic carbocycles. The second-order valence-electron chi connectivity index (χ2n) is 4.02. The van der Waals surface area contributed by atoms with Crippen molar-refractivity contribution >= 4 is 6.08 Å². The van der Waals surface area contributed by atoms with Crippen LogP contribution in [0.1, 0.15) is 44.9 Å². The van der Waals surface area contributed by atoms with E-state index < -0.39 is 0 Å². The summed E-state index contributed by atoms with van der Waals surface area (Å²) in [5, 5.41) is 7.98. The van der Waals surface area contributed by atoms with Gasteiger partial charge in [-0.3, -0.25) is 0 Å². The molecule has 2 unspecified atom stereocenters. The van der Waals surface area contributed by atoms with Crippen molar-refractivity contribution in [3.8, 4) is 0 Å². The zero-order valence-electron chi connectivity index (χ0n) is 8.24. The van der Waals surface area contributed by atoms with E-state index in [1.165, 1.54) is 12.0 Å². The van der Waals surface area contributed by atoms with Gasteiger partial charge < -0.3 is 4.42 Å². The molecule has 0 saturated heterocycles. The minimum absolute atomic E-state index is 0.520. The Bertz CT molecular complexity index is 336. The molecule has 1 aromatic heterocycles. The van der Waals surface area contributed by atoms with E-state index in [0.717, 1.165) is 11.8 Å². The highest BCUT2D eigenvalue weighted by Crippen LogP contribution is 2.46. The highest BCUT2D eigenvalue weighted by atomic mass is 16.4. The Kier molecular flexibility index (Phi) is 1.94. The van der Waals surface area contributed by atoms with E-state index in [9.17, 15) is 0 Å². The molecule has 1 aromatic rings. The molecule has 0 radical (unpaired) electrons. The van der Waals surface area contributed by atoms with Gasteiger partial charge in [0, 0.05) is 12.0 Å². The summed E-state index contributed by atoms with van der Waals surface area (Å²) in [6.45, 7) is 6.24. The van der Waals surface area contributed by atoms with Crippen molar-refractivity contribution in [3.05, 3.63) is 17.4 Å². The molecule has 1 fully saturated rings. The van der Waals surface area contributed by atoms with Crippen LogP contribution in [0, 0.1) is 5.92 Å². The molecule has 0 bridgehead atoms. The van der Waals surface area contributed by atoms with Gasteiger partial charge in [0.2, 0.25) is 11.8 Å². The normalized spacial score (nSPS) is 25.8. The Morgan fingerprint density at radius 2 is 2.15 bits per heavy atom. The molecule has 0 spiro atoms. The summed E-state index contributed by atoms with van der Waals surface area (Å²) in [6.07, 6.45) is 3.10. The van der Waals surface area contributed by atoms with Gasteiger partial charge in [0.1, 0.15) is 0 Å². The molecule has 1 aliphatic rings. The lowest BCUT2D eigenvalue weighted by molar-refractivity contribution is 0.481. The molecule has 0 amide bonds. The maximum absolute atomic E-state index is 5.49. The molecule has 3 nitrogen and oxygen atoms in total. The third kappa shape index (κ3) is 1.79. The first-order valence-electron chi connectivity index (χ1n) is 4.65. The van der Waals surface area contributed by atoms with Crippen molar-refractivity contribution in [2.24, 2.45) is 5.92 Å². The van der Waals surface area contributed by atoms with Gasteiger partial charge in [-0.2, -0.15) is 0 Å². The van der Waals surface area contributed by atoms with Gasteiger partial charge in [-0.15, -0.1) is 10.2 Å². The van der Waals surface area contributed by atoms with Gasteiger partial charge in [0.05, 0.1) is 0 Å². The average Bonchev–Trinajstić information content (AvgIpc) is 2.60. The third-order valence-corrected chi connectivity index (χ3v) is 2.30. The highest BCUT2D eigenvalue weighted by molar-refractivity contribution is 5.41.